The highest BCUT2D eigenvalue weighted by atomic mass is 16.7. The van der Waals surface area contributed by atoms with Gasteiger partial charge in [-0.25, -0.2) is 0 Å². The summed E-state index contributed by atoms with van der Waals surface area (Å²) in [6, 6.07) is 8.29. The van der Waals surface area contributed by atoms with Crippen LogP contribution in [0.5, 0.6) is 23.0 Å². The second-order valence-electron chi connectivity index (χ2n) is 8.91. The van der Waals surface area contributed by atoms with Crippen molar-refractivity contribution in [3.05, 3.63) is 47.0 Å². The third-order valence-electron chi connectivity index (χ3n) is 6.60. The molecule has 2 aromatic carbocycles. The average Bonchev–Trinajstić information content (AvgIpc) is 3.27. The van der Waals surface area contributed by atoms with Gasteiger partial charge in [-0.15, -0.1) is 0 Å². The van der Waals surface area contributed by atoms with Crippen LogP contribution in [0.15, 0.2) is 30.3 Å². The van der Waals surface area contributed by atoms with E-state index in [1.165, 1.54) is 7.11 Å². The lowest BCUT2D eigenvalue weighted by atomic mass is 9.90. The normalized spacial score (nSPS) is 29.5. The fraction of sp³-hybridized carbons (Fsp3) is 0.520. The fourth-order valence-electron chi connectivity index (χ4n) is 4.64. The Balaban J connectivity index is 1.58. The lowest BCUT2D eigenvalue weighted by Crippen LogP contribution is -2.60. The van der Waals surface area contributed by atoms with Crippen molar-refractivity contribution in [2.24, 2.45) is 0 Å². The monoisotopic (exact) mass is 508 g/mol. The van der Waals surface area contributed by atoms with Crippen molar-refractivity contribution in [3.63, 3.8) is 0 Å². The molecule has 1 fully saturated rings. The van der Waals surface area contributed by atoms with Crippen molar-refractivity contribution in [2.75, 3.05) is 26.9 Å². The van der Waals surface area contributed by atoms with Crippen LogP contribution in [-0.4, -0.2) is 93.4 Å². The Labute approximate surface area is 207 Å². The molecular formula is C25H32O11. The van der Waals surface area contributed by atoms with Gasteiger partial charge in [0.25, 0.3) is 0 Å². The van der Waals surface area contributed by atoms with Gasteiger partial charge >= 0.3 is 0 Å². The summed E-state index contributed by atoms with van der Waals surface area (Å²) in [6.07, 6.45) is -6.71. The summed E-state index contributed by atoms with van der Waals surface area (Å²) in [6.45, 7) is -0.804. The Morgan fingerprint density at radius 2 is 1.69 bits per heavy atom. The molecule has 0 amide bonds. The Bertz CT molecular complexity index is 1040. The molecular weight excluding hydrogens is 476 g/mol. The van der Waals surface area contributed by atoms with Crippen LogP contribution in [0.4, 0.5) is 0 Å². The predicted molar refractivity (Wildman–Crippen MR) is 124 cm³/mol. The number of hydrogen-bond acceptors (Lipinski definition) is 11. The predicted octanol–water partition coefficient (Wildman–Crippen LogP) is -0.286. The van der Waals surface area contributed by atoms with Crippen LogP contribution in [0.3, 0.4) is 0 Å². The molecule has 0 bridgehead atoms. The van der Waals surface area contributed by atoms with E-state index >= 15 is 0 Å². The van der Waals surface area contributed by atoms with Gasteiger partial charge in [-0.2, -0.15) is 0 Å². The highest BCUT2D eigenvalue weighted by molar-refractivity contribution is 5.55. The van der Waals surface area contributed by atoms with Crippen molar-refractivity contribution < 1.29 is 54.7 Å². The Hall–Kier alpha value is -2.64. The van der Waals surface area contributed by atoms with Gasteiger partial charge in [0.2, 0.25) is 6.29 Å². The summed E-state index contributed by atoms with van der Waals surface area (Å²) in [4.78, 5) is 0. The van der Waals surface area contributed by atoms with Gasteiger partial charge < -0.3 is 54.7 Å². The second-order valence-corrected chi connectivity index (χ2v) is 8.91. The van der Waals surface area contributed by atoms with Gasteiger partial charge in [-0.1, -0.05) is 12.1 Å². The number of phenolic OH excluding ortho intramolecular Hbond substituents is 1. The number of methoxy groups -OCH3 is 1. The van der Waals surface area contributed by atoms with Crippen molar-refractivity contribution in [1.29, 1.82) is 0 Å². The van der Waals surface area contributed by atoms with Gasteiger partial charge in [0.15, 0.2) is 23.0 Å². The van der Waals surface area contributed by atoms with E-state index in [2.05, 4.69) is 0 Å². The van der Waals surface area contributed by atoms with Gasteiger partial charge in [0, 0.05) is 12.2 Å². The van der Waals surface area contributed by atoms with E-state index in [-0.39, 0.29) is 36.2 Å². The number of hydrogen-bond donors (Lipinski definition) is 7. The van der Waals surface area contributed by atoms with Crippen LogP contribution in [0.2, 0.25) is 0 Å². The lowest BCUT2D eigenvalue weighted by molar-refractivity contribution is -0.277. The summed E-state index contributed by atoms with van der Waals surface area (Å²) in [5.41, 5.74) is 2.11. The first kappa shape index (κ1) is 26.4. The van der Waals surface area contributed by atoms with Crippen LogP contribution >= 0.6 is 0 Å². The molecule has 2 aromatic rings. The molecule has 0 spiro atoms. The molecule has 7 N–H and O–H groups in total. The van der Waals surface area contributed by atoms with E-state index in [4.69, 9.17) is 24.1 Å². The smallest absolute Gasteiger partial charge is 0.229 e. The molecule has 0 radical (unpaired) electrons. The SMILES string of the molecule is COc1cc([C@H]2Oc3c(O)cc(CCCO)cc3[C@H]2CO)ccc1O[C@@H]1O[C@H](CO)[C@@H](O)[C@H](O)[C@H]1O. The largest absolute Gasteiger partial charge is 0.504 e. The molecule has 36 heavy (non-hydrogen) atoms. The van der Waals surface area contributed by atoms with Crippen molar-refractivity contribution in [3.8, 4) is 23.0 Å². The van der Waals surface area contributed by atoms with E-state index in [9.17, 15) is 30.6 Å². The number of ether oxygens (including phenoxy) is 4. The molecule has 2 heterocycles. The third kappa shape index (κ3) is 4.96. The molecule has 0 unspecified atom stereocenters. The lowest BCUT2D eigenvalue weighted by Gasteiger charge is -2.39. The van der Waals surface area contributed by atoms with E-state index in [0.717, 1.165) is 5.56 Å². The number of aromatic hydroxyl groups is 1. The molecule has 11 heteroatoms. The molecule has 2 aliphatic rings. The molecule has 1 saturated heterocycles. The first-order valence-corrected chi connectivity index (χ1v) is 11.7. The maximum Gasteiger partial charge on any atom is 0.229 e. The highest BCUT2D eigenvalue weighted by Gasteiger charge is 2.45. The average molecular weight is 509 g/mol. The minimum absolute atomic E-state index is 0.0255. The zero-order chi connectivity index (χ0) is 26.0. The van der Waals surface area contributed by atoms with Crippen LogP contribution < -0.4 is 14.2 Å². The number of aliphatic hydroxyl groups is 6. The minimum atomic E-state index is -1.59. The molecule has 0 aliphatic carbocycles. The number of fused-ring (bicyclic) bond motifs is 1. The maximum absolute atomic E-state index is 10.5. The van der Waals surface area contributed by atoms with Crippen molar-refractivity contribution in [1.82, 2.24) is 0 Å². The Kier molecular flexibility index (Phi) is 8.20. The van der Waals surface area contributed by atoms with Crippen molar-refractivity contribution >= 4 is 0 Å². The van der Waals surface area contributed by atoms with Crippen molar-refractivity contribution in [2.45, 2.75) is 55.6 Å². The minimum Gasteiger partial charge on any atom is -0.504 e. The maximum atomic E-state index is 10.5. The summed E-state index contributed by atoms with van der Waals surface area (Å²) in [5.74, 6) is 0.176. The number of phenols is 1. The van der Waals surface area contributed by atoms with E-state index in [0.29, 0.717) is 24.0 Å². The molecule has 4 rings (SSSR count). The summed E-state index contributed by atoms with van der Waals surface area (Å²) < 4.78 is 22.6. The van der Waals surface area contributed by atoms with Gasteiger partial charge in [0.1, 0.15) is 30.5 Å². The second kappa shape index (κ2) is 11.2. The standard InChI is InChI=1S/C25H32O11/c1-33-18-9-13(4-5-17(18)34-25-22(32)21(31)20(30)19(11-28)35-25)23-15(10-27)14-7-12(3-2-6-26)8-16(29)24(14)36-23/h4-5,7-9,15,19-23,25-32H,2-3,6,10-11H2,1H3/t15-,19-,20-,21+,22-,23-,25-/m1/s1. The van der Waals surface area contributed by atoms with E-state index in [1.54, 1.807) is 24.3 Å². The number of aryl methyl sites for hydroxylation is 1. The fourth-order valence-corrected chi connectivity index (χ4v) is 4.64. The first-order valence-electron chi connectivity index (χ1n) is 11.7. The molecule has 7 atom stereocenters. The van der Waals surface area contributed by atoms with Crippen LogP contribution in [-0.2, 0) is 11.2 Å². The topological polar surface area (TPSA) is 179 Å². The van der Waals surface area contributed by atoms with E-state index in [1.807, 2.05) is 6.07 Å². The quantitative estimate of drug-likeness (QED) is 0.237. The summed E-state index contributed by atoms with van der Waals surface area (Å²) >= 11 is 0. The molecule has 11 nitrogen and oxygen atoms in total. The van der Waals surface area contributed by atoms with Crippen LogP contribution in [0.1, 0.15) is 35.1 Å². The molecule has 2 aliphatic heterocycles. The van der Waals surface area contributed by atoms with E-state index < -0.39 is 49.3 Å². The van der Waals surface area contributed by atoms with Gasteiger partial charge in [-0.3, -0.25) is 0 Å². The highest BCUT2D eigenvalue weighted by Crippen LogP contribution is 2.51. The van der Waals surface area contributed by atoms with Crippen LogP contribution in [0, 0.1) is 0 Å². The first-order chi connectivity index (χ1) is 17.3. The zero-order valence-electron chi connectivity index (χ0n) is 19.7. The number of benzene rings is 2. The molecule has 198 valence electrons. The molecule has 0 aromatic heterocycles. The summed E-state index contributed by atoms with van der Waals surface area (Å²) in [5, 5.41) is 69.4. The Morgan fingerprint density at radius 3 is 2.36 bits per heavy atom. The van der Waals surface area contributed by atoms with Crippen LogP contribution in [0.25, 0.3) is 0 Å². The molecule has 0 saturated carbocycles. The number of rotatable bonds is 9. The zero-order valence-corrected chi connectivity index (χ0v) is 19.7. The Morgan fingerprint density at radius 1 is 0.917 bits per heavy atom. The third-order valence-corrected chi connectivity index (χ3v) is 6.60. The van der Waals surface area contributed by atoms with Gasteiger partial charge in [0.05, 0.1) is 26.2 Å². The number of aliphatic hydroxyl groups excluding tert-OH is 6. The van der Waals surface area contributed by atoms with Gasteiger partial charge in [-0.05, 0) is 42.2 Å². The summed E-state index contributed by atoms with van der Waals surface area (Å²) in [7, 11) is 1.41.